The third kappa shape index (κ3) is 8.65. The van der Waals surface area contributed by atoms with Crippen LogP contribution in [0.3, 0.4) is 0 Å². The van der Waals surface area contributed by atoms with Gasteiger partial charge < -0.3 is 10.2 Å². The molecule has 1 aliphatic rings. The lowest BCUT2D eigenvalue weighted by Crippen LogP contribution is -2.26. The molecule has 1 saturated heterocycles. The van der Waals surface area contributed by atoms with Gasteiger partial charge in [0.15, 0.2) is 0 Å². The molecule has 0 radical (unpaired) electrons. The maximum Gasteiger partial charge on any atom is 0.00103 e. The zero-order valence-electron chi connectivity index (χ0n) is 13.8. The van der Waals surface area contributed by atoms with Crippen LogP contribution < -0.4 is 5.32 Å². The zero-order valence-corrected chi connectivity index (χ0v) is 13.8. The molecule has 2 nitrogen and oxygen atoms in total. The molecule has 0 aromatic heterocycles. The van der Waals surface area contributed by atoms with Gasteiger partial charge in [0.1, 0.15) is 0 Å². The Balaban J connectivity index is 1.97. The molecule has 0 aromatic carbocycles. The molecule has 19 heavy (non-hydrogen) atoms. The lowest BCUT2D eigenvalue weighted by molar-refractivity contribution is 0.257. The monoisotopic (exact) mass is 268 g/mol. The highest BCUT2D eigenvalue weighted by Gasteiger charge is 2.22. The standard InChI is InChI=1S/C17H36N2/c1-16(2)18-12-7-5-6-8-13-19-14-9-10-17(3,4)11-15-19/h16,18H,5-15H2,1-4H3. The van der Waals surface area contributed by atoms with E-state index in [2.05, 4.69) is 37.9 Å². The number of likely N-dealkylation sites (tertiary alicyclic amines) is 1. The van der Waals surface area contributed by atoms with Gasteiger partial charge in [0.05, 0.1) is 0 Å². The van der Waals surface area contributed by atoms with E-state index in [-0.39, 0.29) is 0 Å². The smallest absolute Gasteiger partial charge is 0.00103 e. The van der Waals surface area contributed by atoms with Crippen molar-refractivity contribution in [1.82, 2.24) is 10.2 Å². The van der Waals surface area contributed by atoms with Crippen molar-refractivity contribution in [2.75, 3.05) is 26.2 Å². The van der Waals surface area contributed by atoms with E-state index < -0.39 is 0 Å². The Bertz CT molecular complexity index is 223. The number of hydrogen-bond acceptors (Lipinski definition) is 2. The van der Waals surface area contributed by atoms with Crippen molar-refractivity contribution in [1.29, 1.82) is 0 Å². The molecule has 0 unspecified atom stereocenters. The minimum atomic E-state index is 0.581. The van der Waals surface area contributed by atoms with Gasteiger partial charge in [-0.15, -0.1) is 0 Å². The molecule has 0 atom stereocenters. The van der Waals surface area contributed by atoms with Gasteiger partial charge in [-0.1, -0.05) is 40.5 Å². The average molecular weight is 268 g/mol. The predicted molar refractivity (Wildman–Crippen MR) is 85.7 cm³/mol. The van der Waals surface area contributed by atoms with E-state index in [0.29, 0.717) is 11.5 Å². The molecule has 0 aromatic rings. The van der Waals surface area contributed by atoms with E-state index in [0.717, 1.165) is 0 Å². The van der Waals surface area contributed by atoms with Crippen LogP contribution >= 0.6 is 0 Å². The van der Waals surface area contributed by atoms with Crippen molar-refractivity contribution in [3.63, 3.8) is 0 Å². The number of rotatable bonds is 8. The Labute approximate surface area is 121 Å². The molecule has 2 heteroatoms. The fraction of sp³-hybridized carbons (Fsp3) is 1.00. The summed E-state index contributed by atoms with van der Waals surface area (Å²) in [6, 6.07) is 0.639. The Morgan fingerprint density at radius 3 is 2.47 bits per heavy atom. The first-order valence-corrected chi connectivity index (χ1v) is 8.45. The highest BCUT2D eigenvalue weighted by atomic mass is 15.1. The SMILES string of the molecule is CC(C)NCCCCCCN1CCCC(C)(C)CC1. The Morgan fingerprint density at radius 1 is 1.00 bits per heavy atom. The summed E-state index contributed by atoms with van der Waals surface area (Å²) in [6.07, 6.45) is 9.70. The van der Waals surface area contributed by atoms with Crippen LogP contribution in [0.2, 0.25) is 0 Å². The molecular weight excluding hydrogens is 232 g/mol. The molecule has 0 bridgehead atoms. The van der Waals surface area contributed by atoms with Crippen LogP contribution in [-0.4, -0.2) is 37.1 Å². The summed E-state index contributed by atoms with van der Waals surface area (Å²) in [7, 11) is 0. The second-order valence-corrected chi connectivity index (χ2v) is 7.38. The molecule has 1 rings (SSSR count). The first kappa shape index (κ1) is 17.0. The van der Waals surface area contributed by atoms with Crippen LogP contribution in [0.25, 0.3) is 0 Å². The Hall–Kier alpha value is -0.0800. The maximum absolute atomic E-state index is 3.49. The third-order valence-electron chi connectivity index (χ3n) is 4.39. The van der Waals surface area contributed by atoms with Gasteiger partial charge in [-0.3, -0.25) is 0 Å². The molecule has 1 fully saturated rings. The van der Waals surface area contributed by atoms with Gasteiger partial charge in [-0.2, -0.15) is 0 Å². The molecule has 0 aliphatic carbocycles. The normalized spacial score (nSPS) is 20.7. The molecule has 1 heterocycles. The van der Waals surface area contributed by atoms with Crippen molar-refractivity contribution >= 4 is 0 Å². The van der Waals surface area contributed by atoms with Gasteiger partial charge in [-0.05, 0) is 63.7 Å². The summed E-state index contributed by atoms with van der Waals surface area (Å²) >= 11 is 0. The van der Waals surface area contributed by atoms with Crippen molar-refractivity contribution in [3.05, 3.63) is 0 Å². The van der Waals surface area contributed by atoms with Crippen LogP contribution in [0.5, 0.6) is 0 Å². The fourth-order valence-corrected chi connectivity index (χ4v) is 2.91. The van der Waals surface area contributed by atoms with Crippen LogP contribution in [0.15, 0.2) is 0 Å². The molecular formula is C17H36N2. The van der Waals surface area contributed by atoms with Crippen molar-refractivity contribution in [2.24, 2.45) is 5.41 Å². The van der Waals surface area contributed by atoms with Gasteiger partial charge in [0, 0.05) is 6.04 Å². The summed E-state index contributed by atoms with van der Waals surface area (Å²) < 4.78 is 0. The average Bonchev–Trinajstić information content (AvgIpc) is 2.49. The van der Waals surface area contributed by atoms with Crippen molar-refractivity contribution in [3.8, 4) is 0 Å². The predicted octanol–water partition coefficient (Wildman–Crippen LogP) is 4.06. The minimum absolute atomic E-state index is 0.581. The maximum atomic E-state index is 3.49. The van der Waals surface area contributed by atoms with E-state index in [9.17, 15) is 0 Å². The lowest BCUT2D eigenvalue weighted by atomic mass is 9.85. The first-order valence-electron chi connectivity index (χ1n) is 8.45. The van der Waals surface area contributed by atoms with Crippen LogP contribution in [-0.2, 0) is 0 Å². The molecule has 0 amide bonds. The number of nitrogens with zero attached hydrogens (tertiary/aromatic N) is 1. The fourth-order valence-electron chi connectivity index (χ4n) is 2.91. The second-order valence-electron chi connectivity index (χ2n) is 7.38. The van der Waals surface area contributed by atoms with E-state index in [1.807, 2.05) is 0 Å². The first-order chi connectivity index (χ1) is 8.99. The van der Waals surface area contributed by atoms with Gasteiger partial charge in [0.25, 0.3) is 0 Å². The van der Waals surface area contributed by atoms with Crippen LogP contribution in [0.4, 0.5) is 0 Å². The summed E-state index contributed by atoms with van der Waals surface area (Å²) in [4.78, 5) is 2.70. The van der Waals surface area contributed by atoms with E-state index in [1.54, 1.807) is 0 Å². The van der Waals surface area contributed by atoms with Crippen molar-refractivity contribution < 1.29 is 0 Å². The summed E-state index contributed by atoms with van der Waals surface area (Å²) in [6.45, 7) is 14.5. The summed E-state index contributed by atoms with van der Waals surface area (Å²) in [5.74, 6) is 0. The second kappa shape index (κ2) is 8.97. The quantitative estimate of drug-likeness (QED) is 0.668. The van der Waals surface area contributed by atoms with E-state index in [1.165, 1.54) is 71.1 Å². The minimum Gasteiger partial charge on any atom is -0.315 e. The highest BCUT2D eigenvalue weighted by molar-refractivity contribution is 4.76. The van der Waals surface area contributed by atoms with Gasteiger partial charge >= 0.3 is 0 Å². The Morgan fingerprint density at radius 2 is 1.74 bits per heavy atom. The largest absolute Gasteiger partial charge is 0.315 e. The van der Waals surface area contributed by atoms with Crippen molar-refractivity contribution in [2.45, 2.75) is 78.7 Å². The third-order valence-corrected chi connectivity index (χ3v) is 4.39. The van der Waals surface area contributed by atoms with E-state index >= 15 is 0 Å². The van der Waals surface area contributed by atoms with Gasteiger partial charge in [-0.25, -0.2) is 0 Å². The number of hydrogen-bond donors (Lipinski definition) is 1. The zero-order chi connectivity index (χ0) is 14.1. The van der Waals surface area contributed by atoms with Crippen LogP contribution in [0.1, 0.15) is 72.6 Å². The lowest BCUT2D eigenvalue weighted by Gasteiger charge is -2.23. The Kier molecular flexibility index (Phi) is 8.01. The molecule has 114 valence electrons. The topological polar surface area (TPSA) is 15.3 Å². The molecule has 0 spiro atoms. The number of unbranched alkanes of at least 4 members (excludes halogenated alkanes) is 3. The van der Waals surface area contributed by atoms with Crippen LogP contribution in [0, 0.1) is 5.41 Å². The summed E-state index contributed by atoms with van der Waals surface area (Å²) in [5.41, 5.74) is 0.581. The molecule has 1 N–H and O–H groups in total. The van der Waals surface area contributed by atoms with Gasteiger partial charge in [0.2, 0.25) is 0 Å². The summed E-state index contributed by atoms with van der Waals surface area (Å²) in [5, 5.41) is 3.49. The number of nitrogens with one attached hydrogen (secondary N) is 1. The molecule has 0 saturated carbocycles. The highest BCUT2D eigenvalue weighted by Crippen LogP contribution is 2.29. The van der Waals surface area contributed by atoms with E-state index in [4.69, 9.17) is 0 Å². The molecule has 1 aliphatic heterocycles.